The van der Waals surface area contributed by atoms with Gasteiger partial charge in [0.1, 0.15) is 6.26 Å². The Morgan fingerprint density at radius 1 is 1.29 bits per heavy atom. The summed E-state index contributed by atoms with van der Waals surface area (Å²) < 4.78 is 31.4. The second-order valence-electron chi connectivity index (χ2n) is 4.33. The van der Waals surface area contributed by atoms with Crippen molar-refractivity contribution in [2.24, 2.45) is 0 Å². The number of benzene rings is 1. The van der Waals surface area contributed by atoms with Crippen molar-refractivity contribution in [1.82, 2.24) is 9.71 Å². The molecule has 2 rings (SSSR count). The fraction of sp³-hybridized carbons (Fsp3) is 0.231. The number of carbonyl (C=O) groups excluding carboxylic acids is 1. The van der Waals surface area contributed by atoms with Gasteiger partial charge in [-0.2, -0.15) is 0 Å². The van der Waals surface area contributed by atoms with Crippen LogP contribution in [-0.4, -0.2) is 25.9 Å². The molecule has 7 nitrogen and oxygen atoms in total. The summed E-state index contributed by atoms with van der Waals surface area (Å²) in [5.41, 5.74) is 1.22. The van der Waals surface area contributed by atoms with Gasteiger partial charge in [0.2, 0.25) is 15.9 Å². The fourth-order valence-corrected chi connectivity index (χ4v) is 2.71. The lowest BCUT2D eigenvalue weighted by Gasteiger charge is -2.07. The number of nitrogens with zero attached hydrogens (tertiary/aromatic N) is 1. The van der Waals surface area contributed by atoms with E-state index in [1.807, 2.05) is 0 Å². The van der Waals surface area contributed by atoms with Gasteiger partial charge in [0.15, 0.2) is 6.39 Å². The summed E-state index contributed by atoms with van der Waals surface area (Å²) in [5, 5.41) is 2.57. The van der Waals surface area contributed by atoms with Crippen molar-refractivity contribution in [2.45, 2.75) is 18.2 Å². The normalized spacial score (nSPS) is 11.3. The van der Waals surface area contributed by atoms with Crippen LogP contribution < -0.4 is 10.0 Å². The van der Waals surface area contributed by atoms with E-state index in [-0.39, 0.29) is 17.3 Å². The van der Waals surface area contributed by atoms with Crippen molar-refractivity contribution in [3.8, 4) is 0 Å². The van der Waals surface area contributed by atoms with Crippen molar-refractivity contribution in [3.63, 3.8) is 0 Å². The third-order valence-corrected chi connectivity index (χ3v) is 4.12. The first-order valence-electron chi connectivity index (χ1n) is 6.22. The van der Waals surface area contributed by atoms with Crippen LogP contribution in [-0.2, 0) is 21.2 Å². The highest BCUT2D eigenvalue weighted by atomic mass is 32.2. The van der Waals surface area contributed by atoms with E-state index < -0.39 is 10.0 Å². The Bertz CT molecular complexity index is 694. The van der Waals surface area contributed by atoms with Crippen molar-refractivity contribution in [2.75, 3.05) is 11.9 Å². The smallest absolute Gasteiger partial charge is 0.240 e. The number of carbonyl (C=O) groups is 1. The monoisotopic (exact) mass is 309 g/mol. The average molecular weight is 309 g/mol. The van der Waals surface area contributed by atoms with Crippen LogP contribution in [0.4, 0.5) is 5.69 Å². The molecule has 1 heterocycles. The van der Waals surface area contributed by atoms with Crippen LogP contribution in [0.5, 0.6) is 0 Å². The molecule has 112 valence electrons. The molecule has 2 N–H and O–H groups in total. The Balaban J connectivity index is 1.96. The van der Waals surface area contributed by atoms with Crippen LogP contribution in [0.3, 0.4) is 0 Å². The summed E-state index contributed by atoms with van der Waals surface area (Å²) in [4.78, 5) is 14.9. The van der Waals surface area contributed by atoms with Gasteiger partial charge in [0.05, 0.1) is 10.6 Å². The Labute approximate surface area is 122 Å². The number of oxazole rings is 1. The number of rotatable bonds is 6. The molecule has 1 amide bonds. The molecule has 2 aromatic rings. The molecule has 0 aliphatic rings. The molecule has 0 aliphatic carbocycles. The summed E-state index contributed by atoms with van der Waals surface area (Å²) in [7, 11) is -3.58. The van der Waals surface area contributed by atoms with E-state index in [0.29, 0.717) is 17.8 Å². The minimum Gasteiger partial charge on any atom is -0.451 e. The molecule has 0 spiro atoms. The molecule has 0 unspecified atom stereocenters. The number of hydrogen-bond acceptors (Lipinski definition) is 5. The van der Waals surface area contributed by atoms with Gasteiger partial charge in [-0.25, -0.2) is 18.1 Å². The fourth-order valence-electron chi connectivity index (χ4n) is 1.68. The maximum atomic E-state index is 12.1. The standard InChI is InChI=1S/C13H15N3O4S/c1-10(17)16-11-2-4-13(5-3-11)21(18,19)15-7-6-12-8-20-9-14-12/h2-5,8-9,15H,6-7H2,1H3,(H,16,17). The predicted molar refractivity (Wildman–Crippen MR) is 76.1 cm³/mol. The number of amides is 1. The Hall–Kier alpha value is -2.19. The lowest BCUT2D eigenvalue weighted by atomic mass is 10.3. The van der Waals surface area contributed by atoms with E-state index in [0.717, 1.165) is 0 Å². The summed E-state index contributed by atoms with van der Waals surface area (Å²) in [6, 6.07) is 5.94. The number of hydrogen-bond donors (Lipinski definition) is 2. The van der Waals surface area contributed by atoms with Gasteiger partial charge in [-0.15, -0.1) is 0 Å². The SMILES string of the molecule is CC(=O)Nc1ccc(S(=O)(=O)NCCc2cocn2)cc1. The van der Waals surface area contributed by atoms with E-state index in [1.165, 1.54) is 43.8 Å². The van der Waals surface area contributed by atoms with E-state index >= 15 is 0 Å². The zero-order chi connectivity index (χ0) is 15.3. The number of sulfonamides is 1. The Morgan fingerprint density at radius 3 is 2.57 bits per heavy atom. The second-order valence-corrected chi connectivity index (χ2v) is 6.10. The summed E-state index contributed by atoms with van der Waals surface area (Å²) >= 11 is 0. The van der Waals surface area contributed by atoms with Gasteiger partial charge < -0.3 is 9.73 Å². The van der Waals surface area contributed by atoms with Crippen molar-refractivity contribution < 1.29 is 17.6 Å². The molecule has 1 aromatic heterocycles. The van der Waals surface area contributed by atoms with Crippen molar-refractivity contribution in [3.05, 3.63) is 42.6 Å². The predicted octanol–water partition coefficient (Wildman–Crippen LogP) is 1.15. The molecule has 1 aromatic carbocycles. The first-order valence-corrected chi connectivity index (χ1v) is 7.70. The van der Waals surface area contributed by atoms with Gasteiger partial charge in [-0.1, -0.05) is 0 Å². The maximum Gasteiger partial charge on any atom is 0.240 e. The van der Waals surface area contributed by atoms with Crippen LogP contribution in [0.15, 0.2) is 46.2 Å². The third kappa shape index (κ3) is 4.40. The highest BCUT2D eigenvalue weighted by Gasteiger charge is 2.13. The van der Waals surface area contributed by atoms with E-state index in [9.17, 15) is 13.2 Å². The maximum absolute atomic E-state index is 12.1. The molecule has 21 heavy (non-hydrogen) atoms. The number of nitrogens with one attached hydrogen (secondary N) is 2. The molecule has 0 bridgehead atoms. The molecule has 0 saturated heterocycles. The third-order valence-electron chi connectivity index (χ3n) is 2.64. The highest BCUT2D eigenvalue weighted by molar-refractivity contribution is 7.89. The zero-order valence-corrected chi connectivity index (χ0v) is 12.2. The van der Waals surface area contributed by atoms with Crippen LogP contribution in [0.2, 0.25) is 0 Å². The first-order chi connectivity index (χ1) is 9.97. The quantitative estimate of drug-likeness (QED) is 0.833. The summed E-state index contributed by atoms with van der Waals surface area (Å²) in [6.45, 7) is 1.61. The first kappa shape index (κ1) is 15.2. The Morgan fingerprint density at radius 2 is 2.00 bits per heavy atom. The minimum atomic E-state index is -3.58. The topological polar surface area (TPSA) is 101 Å². The average Bonchev–Trinajstić information content (AvgIpc) is 2.91. The van der Waals surface area contributed by atoms with Crippen molar-refractivity contribution >= 4 is 21.6 Å². The lowest BCUT2D eigenvalue weighted by molar-refractivity contribution is -0.114. The van der Waals surface area contributed by atoms with Crippen LogP contribution in [0.1, 0.15) is 12.6 Å². The van der Waals surface area contributed by atoms with E-state index in [4.69, 9.17) is 4.42 Å². The number of anilines is 1. The summed E-state index contributed by atoms with van der Waals surface area (Å²) in [6.07, 6.45) is 3.21. The lowest BCUT2D eigenvalue weighted by Crippen LogP contribution is -2.26. The highest BCUT2D eigenvalue weighted by Crippen LogP contribution is 2.13. The largest absolute Gasteiger partial charge is 0.451 e. The van der Waals surface area contributed by atoms with Crippen molar-refractivity contribution in [1.29, 1.82) is 0 Å². The van der Waals surface area contributed by atoms with E-state index in [2.05, 4.69) is 15.0 Å². The Kier molecular flexibility index (Phi) is 4.71. The molecule has 0 aliphatic heterocycles. The van der Waals surface area contributed by atoms with Gasteiger partial charge in [-0.3, -0.25) is 4.79 Å². The van der Waals surface area contributed by atoms with Gasteiger partial charge in [-0.05, 0) is 24.3 Å². The van der Waals surface area contributed by atoms with Gasteiger partial charge >= 0.3 is 0 Å². The van der Waals surface area contributed by atoms with Gasteiger partial charge in [0.25, 0.3) is 0 Å². The minimum absolute atomic E-state index is 0.136. The number of aromatic nitrogens is 1. The second kappa shape index (κ2) is 6.51. The van der Waals surface area contributed by atoms with E-state index in [1.54, 1.807) is 0 Å². The molecular weight excluding hydrogens is 294 g/mol. The molecule has 0 atom stereocenters. The molecular formula is C13H15N3O4S. The van der Waals surface area contributed by atoms with Crippen LogP contribution in [0, 0.1) is 0 Å². The molecule has 0 radical (unpaired) electrons. The summed E-state index contributed by atoms with van der Waals surface area (Å²) in [5.74, 6) is -0.212. The molecule has 8 heteroatoms. The van der Waals surface area contributed by atoms with Crippen LogP contribution in [0.25, 0.3) is 0 Å². The molecule has 0 fully saturated rings. The van der Waals surface area contributed by atoms with Crippen LogP contribution >= 0.6 is 0 Å². The molecule has 0 saturated carbocycles. The zero-order valence-electron chi connectivity index (χ0n) is 11.4. The van der Waals surface area contributed by atoms with Gasteiger partial charge in [0, 0.05) is 25.6 Å².